The van der Waals surface area contributed by atoms with Crippen LogP contribution in [0.3, 0.4) is 0 Å². The third kappa shape index (κ3) is 2.45. The smallest absolute Gasteiger partial charge is 0.144 e. The van der Waals surface area contributed by atoms with Crippen molar-refractivity contribution in [1.82, 2.24) is 0 Å². The van der Waals surface area contributed by atoms with Crippen LogP contribution in [0.15, 0.2) is 16.6 Å². The van der Waals surface area contributed by atoms with Crippen molar-refractivity contribution in [2.45, 2.75) is 19.4 Å². The minimum Gasteiger partial charge on any atom is -0.496 e. The van der Waals surface area contributed by atoms with Crippen molar-refractivity contribution in [3.8, 4) is 5.75 Å². The molecule has 0 aliphatic carbocycles. The van der Waals surface area contributed by atoms with Gasteiger partial charge in [0.2, 0.25) is 0 Å². The molecule has 78 valence electrons. The number of hydrogen-bond donors (Lipinski definition) is 1. The van der Waals surface area contributed by atoms with Gasteiger partial charge >= 0.3 is 0 Å². The Balaban J connectivity index is 3.14. The number of benzene rings is 1. The lowest BCUT2D eigenvalue weighted by Crippen LogP contribution is -2.08. The molecule has 0 radical (unpaired) electrons. The second-order valence-electron chi connectivity index (χ2n) is 3.10. The van der Waals surface area contributed by atoms with Gasteiger partial charge in [-0.3, -0.25) is 0 Å². The Morgan fingerprint density at radius 3 is 2.71 bits per heavy atom. The molecule has 0 heterocycles. The van der Waals surface area contributed by atoms with Gasteiger partial charge < -0.3 is 9.84 Å². The van der Waals surface area contributed by atoms with Crippen molar-refractivity contribution >= 4 is 15.9 Å². The van der Waals surface area contributed by atoms with Gasteiger partial charge in [0, 0.05) is 12.0 Å². The van der Waals surface area contributed by atoms with Gasteiger partial charge in [-0.05, 0) is 35.0 Å². The zero-order valence-electron chi connectivity index (χ0n) is 8.05. The first-order chi connectivity index (χ1) is 6.56. The van der Waals surface area contributed by atoms with E-state index in [0.717, 1.165) is 0 Å². The average Bonchev–Trinajstić information content (AvgIpc) is 2.13. The molecular weight excluding hydrogens is 251 g/mol. The predicted molar refractivity (Wildman–Crippen MR) is 56.0 cm³/mol. The van der Waals surface area contributed by atoms with Gasteiger partial charge in [0.1, 0.15) is 11.6 Å². The summed E-state index contributed by atoms with van der Waals surface area (Å²) in [5.74, 6) is 0.0943. The molecule has 0 bridgehead atoms. The Labute approximate surface area is 90.8 Å². The fourth-order valence-corrected chi connectivity index (χ4v) is 1.62. The summed E-state index contributed by atoms with van der Waals surface area (Å²) in [5, 5.41) is 9.20. The van der Waals surface area contributed by atoms with Crippen LogP contribution in [-0.2, 0) is 6.42 Å². The Bertz CT molecular complexity index is 326. The van der Waals surface area contributed by atoms with E-state index < -0.39 is 6.10 Å². The summed E-state index contributed by atoms with van der Waals surface area (Å²) >= 11 is 3.09. The first kappa shape index (κ1) is 11.5. The molecule has 1 aromatic rings. The largest absolute Gasteiger partial charge is 0.496 e. The molecule has 1 rings (SSSR count). The number of aliphatic hydroxyl groups excluding tert-OH is 1. The third-order valence-electron chi connectivity index (χ3n) is 1.87. The van der Waals surface area contributed by atoms with Gasteiger partial charge in [-0.1, -0.05) is 0 Å². The van der Waals surface area contributed by atoms with E-state index in [1.165, 1.54) is 7.11 Å². The van der Waals surface area contributed by atoms with Crippen LogP contribution in [0.1, 0.15) is 12.5 Å². The van der Waals surface area contributed by atoms with Crippen LogP contribution in [-0.4, -0.2) is 18.3 Å². The Morgan fingerprint density at radius 1 is 1.57 bits per heavy atom. The maximum atomic E-state index is 13.6. The van der Waals surface area contributed by atoms with Crippen LogP contribution in [0.4, 0.5) is 4.39 Å². The summed E-state index contributed by atoms with van der Waals surface area (Å²) in [4.78, 5) is 0. The van der Waals surface area contributed by atoms with E-state index in [0.29, 0.717) is 15.8 Å². The van der Waals surface area contributed by atoms with Gasteiger partial charge in [0.25, 0.3) is 0 Å². The number of halogens is 2. The number of aliphatic hydroxyl groups is 1. The fourth-order valence-electron chi connectivity index (χ4n) is 1.25. The summed E-state index contributed by atoms with van der Waals surface area (Å²) < 4.78 is 19.0. The lowest BCUT2D eigenvalue weighted by atomic mass is 10.1. The standard InChI is InChI=1S/C10H12BrFO2/c1-6(13)5-7-9(14-2)4-3-8(11)10(7)12/h3-4,6,13H,5H2,1-2H3. The number of ether oxygens (including phenoxy) is 1. The summed E-state index contributed by atoms with van der Waals surface area (Å²) in [7, 11) is 1.48. The van der Waals surface area contributed by atoms with Crippen molar-refractivity contribution in [3.63, 3.8) is 0 Å². The van der Waals surface area contributed by atoms with Gasteiger partial charge in [-0.15, -0.1) is 0 Å². The summed E-state index contributed by atoms with van der Waals surface area (Å²) in [6.07, 6.45) is -0.346. The number of methoxy groups -OCH3 is 1. The molecule has 0 aromatic heterocycles. The highest BCUT2D eigenvalue weighted by Crippen LogP contribution is 2.28. The summed E-state index contributed by atoms with van der Waals surface area (Å²) in [6, 6.07) is 3.25. The van der Waals surface area contributed by atoms with E-state index in [1.54, 1.807) is 19.1 Å². The number of rotatable bonds is 3. The molecule has 2 nitrogen and oxygen atoms in total. The highest BCUT2D eigenvalue weighted by Gasteiger charge is 2.14. The maximum Gasteiger partial charge on any atom is 0.144 e. The Kier molecular flexibility index (Phi) is 3.89. The monoisotopic (exact) mass is 262 g/mol. The zero-order chi connectivity index (χ0) is 10.7. The van der Waals surface area contributed by atoms with Gasteiger partial charge in [-0.25, -0.2) is 4.39 Å². The SMILES string of the molecule is COc1ccc(Br)c(F)c1CC(C)O. The third-order valence-corrected chi connectivity index (χ3v) is 2.48. The van der Waals surface area contributed by atoms with Crippen LogP contribution in [0.2, 0.25) is 0 Å². The predicted octanol–water partition coefficient (Wildman–Crippen LogP) is 2.52. The molecule has 0 amide bonds. The molecule has 1 unspecified atom stereocenters. The quantitative estimate of drug-likeness (QED) is 0.907. The molecule has 1 aromatic carbocycles. The first-order valence-electron chi connectivity index (χ1n) is 4.25. The van der Waals surface area contributed by atoms with Gasteiger partial charge in [0.15, 0.2) is 0 Å². The summed E-state index contributed by atoms with van der Waals surface area (Å²) in [5.41, 5.74) is 0.400. The molecule has 0 saturated carbocycles. The first-order valence-corrected chi connectivity index (χ1v) is 5.04. The normalized spacial score (nSPS) is 12.6. The van der Waals surface area contributed by atoms with Crippen LogP contribution >= 0.6 is 15.9 Å². The lowest BCUT2D eigenvalue weighted by Gasteiger charge is -2.11. The van der Waals surface area contributed by atoms with Crippen molar-refractivity contribution < 1.29 is 14.2 Å². The minimum absolute atomic E-state index is 0.244. The van der Waals surface area contributed by atoms with Crippen LogP contribution < -0.4 is 4.74 Å². The summed E-state index contributed by atoms with van der Waals surface area (Å²) in [6.45, 7) is 1.61. The maximum absolute atomic E-state index is 13.6. The fraction of sp³-hybridized carbons (Fsp3) is 0.400. The second kappa shape index (κ2) is 4.75. The highest BCUT2D eigenvalue weighted by molar-refractivity contribution is 9.10. The lowest BCUT2D eigenvalue weighted by molar-refractivity contribution is 0.192. The zero-order valence-corrected chi connectivity index (χ0v) is 9.64. The number of hydrogen-bond acceptors (Lipinski definition) is 2. The van der Waals surface area contributed by atoms with E-state index in [2.05, 4.69) is 15.9 Å². The molecule has 0 spiro atoms. The molecule has 0 fully saturated rings. The molecule has 4 heteroatoms. The van der Waals surface area contributed by atoms with E-state index >= 15 is 0 Å². The molecule has 0 saturated heterocycles. The molecular formula is C10H12BrFO2. The van der Waals surface area contributed by atoms with Crippen LogP contribution in [0.5, 0.6) is 5.75 Å². The Morgan fingerprint density at radius 2 is 2.21 bits per heavy atom. The van der Waals surface area contributed by atoms with Crippen molar-refractivity contribution in [2.75, 3.05) is 7.11 Å². The highest BCUT2D eigenvalue weighted by atomic mass is 79.9. The molecule has 0 aliphatic heterocycles. The van der Waals surface area contributed by atoms with Crippen molar-refractivity contribution in [1.29, 1.82) is 0 Å². The van der Waals surface area contributed by atoms with Gasteiger partial charge in [0.05, 0.1) is 17.7 Å². The molecule has 1 atom stereocenters. The average molecular weight is 263 g/mol. The second-order valence-corrected chi connectivity index (χ2v) is 3.95. The molecule has 1 N–H and O–H groups in total. The van der Waals surface area contributed by atoms with Gasteiger partial charge in [-0.2, -0.15) is 0 Å². The van der Waals surface area contributed by atoms with Crippen molar-refractivity contribution in [3.05, 3.63) is 28.0 Å². The van der Waals surface area contributed by atoms with E-state index in [4.69, 9.17) is 4.74 Å². The molecule has 0 aliphatic rings. The minimum atomic E-state index is -0.590. The van der Waals surface area contributed by atoms with Crippen molar-refractivity contribution in [2.24, 2.45) is 0 Å². The van der Waals surface area contributed by atoms with Crippen LogP contribution in [0.25, 0.3) is 0 Å². The Hall–Kier alpha value is -0.610. The van der Waals surface area contributed by atoms with E-state index in [9.17, 15) is 9.50 Å². The van der Waals surface area contributed by atoms with E-state index in [1.807, 2.05) is 0 Å². The van der Waals surface area contributed by atoms with Crippen LogP contribution in [0, 0.1) is 5.82 Å². The van der Waals surface area contributed by atoms with E-state index in [-0.39, 0.29) is 12.2 Å². The topological polar surface area (TPSA) is 29.5 Å². The molecule has 14 heavy (non-hydrogen) atoms.